The van der Waals surface area contributed by atoms with Gasteiger partial charge in [-0.25, -0.2) is 9.37 Å². The number of pyridine rings is 1. The summed E-state index contributed by atoms with van der Waals surface area (Å²) in [4.78, 5) is 3.96. The Kier molecular flexibility index (Phi) is 2.35. The summed E-state index contributed by atoms with van der Waals surface area (Å²) in [5.74, 6) is -0.365. The highest BCUT2D eigenvalue weighted by Gasteiger charge is 2.04. The third-order valence-corrected chi connectivity index (χ3v) is 2.19. The SMILES string of the molecule is OCc1cc(Cl)nc2cc(F)ccc12. The maximum absolute atomic E-state index is 12.9. The predicted octanol–water partition coefficient (Wildman–Crippen LogP) is 2.52. The molecule has 2 rings (SSSR count). The van der Waals surface area contributed by atoms with Gasteiger partial charge in [-0.1, -0.05) is 11.6 Å². The Hall–Kier alpha value is -1.19. The summed E-state index contributed by atoms with van der Waals surface area (Å²) < 4.78 is 12.9. The van der Waals surface area contributed by atoms with E-state index in [-0.39, 0.29) is 17.6 Å². The Morgan fingerprint density at radius 1 is 1.36 bits per heavy atom. The van der Waals surface area contributed by atoms with Crippen LogP contribution in [0.4, 0.5) is 4.39 Å². The second-order valence-electron chi connectivity index (χ2n) is 2.92. The molecule has 1 heterocycles. The van der Waals surface area contributed by atoms with Gasteiger partial charge in [0.1, 0.15) is 11.0 Å². The van der Waals surface area contributed by atoms with Crippen molar-refractivity contribution in [2.75, 3.05) is 0 Å². The largest absolute Gasteiger partial charge is 0.392 e. The van der Waals surface area contributed by atoms with Gasteiger partial charge in [-0.15, -0.1) is 0 Å². The quantitative estimate of drug-likeness (QED) is 0.736. The highest BCUT2D eigenvalue weighted by Crippen LogP contribution is 2.21. The fourth-order valence-corrected chi connectivity index (χ4v) is 1.59. The van der Waals surface area contributed by atoms with Gasteiger partial charge in [-0.2, -0.15) is 0 Å². The smallest absolute Gasteiger partial charge is 0.130 e. The molecule has 4 heteroatoms. The number of nitrogens with zero attached hydrogens (tertiary/aromatic N) is 1. The van der Waals surface area contributed by atoms with Crippen LogP contribution >= 0.6 is 11.6 Å². The minimum Gasteiger partial charge on any atom is -0.392 e. The standard InChI is InChI=1S/C10H7ClFNO/c11-10-3-6(5-14)8-2-1-7(12)4-9(8)13-10/h1-4,14H,5H2. The zero-order chi connectivity index (χ0) is 10.1. The monoisotopic (exact) mass is 211 g/mol. The van der Waals surface area contributed by atoms with E-state index in [4.69, 9.17) is 16.7 Å². The maximum Gasteiger partial charge on any atom is 0.130 e. The van der Waals surface area contributed by atoms with E-state index >= 15 is 0 Å². The van der Waals surface area contributed by atoms with Crippen LogP contribution in [0.25, 0.3) is 10.9 Å². The van der Waals surface area contributed by atoms with Crippen molar-refractivity contribution in [1.29, 1.82) is 0 Å². The Bertz CT molecular complexity index is 482. The molecule has 0 radical (unpaired) electrons. The predicted molar refractivity (Wildman–Crippen MR) is 52.6 cm³/mol. The van der Waals surface area contributed by atoms with E-state index in [0.29, 0.717) is 11.1 Å². The van der Waals surface area contributed by atoms with Crippen LogP contribution in [0.15, 0.2) is 24.3 Å². The van der Waals surface area contributed by atoms with E-state index in [0.717, 1.165) is 5.39 Å². The summed E-state index contributed by atoms with van der Waals surface area (Å²) in [7, 11) is 0. The fourth-order valence-electron chi connectivity index (χ4n) is 1.37. The highest BCUT2D eigenvalue weighted by atomic mass is 35.5. The fraction of sp³-hybridized carbons (Fsp3) is 0.100. The third kappa shape index (κ3) is 1.56. The average Bonchev–Trinajstić information content (AvgIpc) is 2.15. The molecule has 0 bridgehead atoms. The normalized spacial score (nSPS) is 10.8. The first-order valence-corrected chi connectivity index (χ1v) is 4.44. The lowest BCUT2D eigenvalue weighted by atomic mass is 10.1. The second-order valence-corrected chi connectivity index (χ2v) is 3.31. The minimum atomic E-state index is -0.365. The van der Waals surface area contributed by atoms with E-state index in [2.05, 4.69) is 4.98 Å². The van der Waals surface area contributed by atoms with Gasteiger partial charge in [0.2, 0.25) is 0 Å². The summed E-state index contributed by atoms with van der Waals surface area (Å²) in [6, 6.07) is 5.78. The van der Waals surface area contributed by atoms with Crippen LogP contribution in [0.3, 0.4) is 0 Å². The molecule has 0 atom stereocenters. The summed E-state index contributed by atoms with van der Waals surface area (Å²) in [6.45, 7) is -0.135. The van der Waals surface area contributed by atoms with Crippen LogP contribution in [-0.4, -0.2) is 10.1 Å². The van der Waals surface area contributed by atoms with Gasteiger partial charge < -0.3 is 5.11 Å². The molecule has 14 heavy (non-hydrogen) atoms. The number of benzene rings is 1. The van der Waals surface area contributed by atoms with Gasteiger partial charge in [0.25, 0.3) is 0 Å². The molecule has 0 aliphatic heterocycles. The molecule has 1 N–H and O–H groups in total. The lowest BCUT2D eigenvalue weighted by molar-refractivity contribution is 0.283. The van der Waals surface area contributed by atoms with Gasteiger partial charge in [-0.3, -0.25) is 0 Å². The first kappa shape index (κ1) is 9.37. The molecule has 2 nitrogen and oxygen atoms in total. The van der Waals surface area contributed by atoms with Gasteiger partial charge in [-0.05, 0) is 23.8 Å². The van der Waals surface area contributed by atoms with E-state index < -0.39 is 0 Å². The molecule has 1 aromatic heterocycles. The zero-order valence-electron chi connectivity index (χ0n) is 7.17. The number of halogens is 2. The van der Waals surface area contributed by atoms with Crippen LogP contribution in [0.5, 0.6) is 0 Å². The summed E-state index contributed by atoms with van der Waals surface area (Å²) in [6.07, 6.45) is 0. The number of fused-ring (bicyclic) bond motifs is 1. The van der Waals surface area contributed by atoms with Crippen LogP contribution in [0.2, 0.25) is 5.15 Å². The number of aliphatic hydroxyl groups is 1. The lowest BCUT2D eigenvalue weighted by Crippen LogP contribution is -1.90. The van der Waals surface area contributed by atoms with Crippen molar-refractivity contribution < 1.29 is 9.50 Å². The number of aromatic nitrogens is 1. The van der Waals surface area contributed by atoms with Crippen LogP contribution in [0, 0.1) is 5.82 Å². The molecular formula is C10H7ClFNO. The molecule has 0 unspecified atom stereocenters. The summed E-state index contributed by atoms with van der Waals surface area (Å²) >= 11 is 5.71. The van der Waals surface area contributed by atoms with Crippen molar-refractivity contribution in [1.82, 2.24) is 4.98 Å². The first-order chi connectivity index (χ1) is 6.70. The average molecular weight is 212 g/mol. The molecule has 0 amide bonds. The number of hydrogen-bond donors (Lipinski definition) is 1. The van der Waals surface area contributed by atoms with Crippen molar-refractivity contribution in [3.63, 3.8) is 0 Å². The molecule has 0 fully saturated rings. The van der Waals surface area contributed by atoms with Crippen LogP contribution in [-0.2, 0) is 6.61 Å². The molecule has 0 aliphatic rings. The topological polar surface area (TPSA) is 33.1 Å². The molecular weight excluding hydrogens is 205 g/mol. The van der Waals surface area contributed by atoms with Crippen molar-refractivity contribution in [2.24, 2.45) is 0 Å². The van der Waals surface area contributed by atoms with Crippen molar-refractivity contribution >= 4 is 22.5 Å². The van der Waals surface area contributed by atoms with Crippen molar-refractivity contribution in [3.8, 4) is 0 Å². The Morgan fingerprint density at radius 3 is 2.86 bits per heavy atom. The van der Waals surface area contributed by atoms with Crippen LogP contribution in [0.1, 0.15) is 5.56 Å². The minimum absolute atomic E-state index is 0.135. The first-order valence-electron chi connectivity index (χ1n) is 4.06. The summed E-state index contributed by atoms with van der Waals surface area (Å²) in [5, 5.41) is 10.0. The molecule has 0 spiro atoms. The molecule has 0 saturated carbocycles. The summed E-state index contributed by atoms with van der Waals surface area (Å²) in [5.41, 5.74) is 1.11. The molecule has 1 aromatic carbocycles. The van der Waals surface area contributed by atoms with Gasteiger partial charge >= 0.3 is 0 Å². The molecule has 0 aliphatic carbocycles. The van der Waals surface area contributed by atoms with Gasteiger partial charge in [0.05, 0.1) is 12.1 Å². The maximum atomic E-state index is 12.9. The zero-order valence-corrected chi connectivity index (χ0v) is 7.92. The number of rotatable bonds is 1. The Balaban J connectivity index is 2.81. The molecule has 72 valence electrons. The van der Waals surface area contributed by atoms with Crippen molar-refractivity contribution in [3.05, 3.63) is 40.8 Å². The Labute approximate surface area is 85.0 Å². The lowest BCUT2D eigenvalue weighted by Gasteiger charge is -2.03. The number of hydrogen-bond acceptors (Lipinski definition) is 2. The van der Waals surface area contributed by atoms with Gasteiger partial charge in [0, 0.05) is 11.5 Å². The Morgan fingerprint density at radius 2 is 2.14 bits per heavy atom. The van der Waals surface area contributed by atoms with Crippen molar-refractivity contribution in [2.45, 2.75) is 6.61 Å². The molecule has 0 saturated heterocycles. The van der Waals surface area contributed by atoms with E-state index in [1.54, 1.807) is 12.1 Å². The number of aliphatic hydroxyl groups excluding tert-OH is 1. The molecule has 2 aromatic rings. The second kappa shape index (κ2) is 3.52. The third-order valence-electron chi connectivity index (χ3n) is 2.00. The highest BCUT2D eigenvalue weighted by molar-refractivity contribution is 6.29. The van der Waals surface area contributed by atoms with E-state index in [9.17, 15) is 4.39 Å². The van der Waals surface area contributed by atoms with Gasteiger partial charge in [0.15, 0.2) is 0 Å². The van der Waals surface area contributed by atoms with Crippen LogP contribution < -0.4 is 0 Å². The van der Waals surface area contributed by atoms with E-state index in [1.807, 2.05) is 0 Å². The van der Waals surface area contributed by atoms with E-state index in [1.165, 1.54) is 12.1 Å².